The van der Waals surface area contributed by atoms with Crippen LogP contribution in [0.15, 0.2) is 4.90 Å². The minimum absolute atomic E-state index is 0.146. The smallest absolute Gasteiger partial charge is 0.244 e. The molecule has 104 valence electrons. The normalized spacial score (nSPS) is 14.1. The molecule has 0 aromatic carbocycles. The summed E-state index contributed by atoms with van der Waals surface area (Å²) in [5.74, 6) is 0.146. The van der Waals surface area contributed by atoms with E-state index in [4.69, 9.17) is 4.74 Å². The Morgan fingerprint density at radius 2 is 2.00 bits per heavy atom. The van der Waals surface area contributed by atoms with Gasteiger partial charge in [-0.1, -0.05) is 13.8 Å². The number of aryl methyl sites for hydroxylation is 2. The Kier molecular flexibility index (Phi) is 4.89. The molecule has 2 N–H and O–H groups in total. The van der Waals surface area contributed by atoms with E-state index in [-0.39, 0.29) is 16.9 Å². The number of methoxy groups -OCH3 is 1. The Bertz CT molecular complexity index is 474. The van der Waals surface area contributed by atoms with Crippen molar-refractivity contribution in [2.45, 2.75) is 38.6 Å². The number of rotatable bonds is 6. The lowest BCUT2D eigenvalue weighted by Gasteiger charge is -2.21. The average Bonchev–Trinajstić information content (AvgIpc) is 2.58. The molecule has 0 bridgehead atoms. The van der Waals surface area contributed by atoms with Gasteiger partial charge in [-0.15, -0.1) is 0 Å². The fourth-order valence-corrected chi connectivity index (χ4v) is 3.48. The van der Waals surface area contributed by atoms with E-state index in [1.54, 1.807) is 21.0 Å². The third kappa shape index (κ3) is 3.30. The summed E-state index contributed by atoms with van der Waals surface area (Å²) in [4.78, 5) is 0.226. The topological polar surface area (TPSA) is 84.1 Å². The van der Waals surface area contributed by atoms with Crippen LogP contribution in [0.4, 0.5) is 0 Å². The molecule has 6 nitrogen and oxygen atoms in total. The fraction of sp³-hybridized carbons (Fsp3) is 0.727. The van der Waals surface area contributed by atoms with E-state index >= 15 is 0 Å². The predicted molar refractivity (Wildman–Crippen MR) is 68.9 cm³/mol. The number of hydrogen-bond acceptors (Lipinski definition) is 4. The Morgan fingerprint density at radius 3 is 2.39 bits per heavy atom. The number of ether oxygens (including phenoxy) is 1. The summed E-state index contributed by atoms with van der Waals surface area (Å²) in [6.07, 6.45) is 0. The van der Waals surface area contributed by atoms with Gasteiger partial charge in [0.05, 0.1) is 18.0 Å². The monoisotopic (exact) mass is 275 g/mol. The fourth-order valence-electron chi connectivity index (χ4n) is 1.74. The van der Waals surface area contributed by atoms with Crippen molar-refractivity contribution in [1.82, 2.24) is 14.9 Å². The molecule has 1 heterocycles. The van der Waals surface area contributed by atoms with Crippen LogP contribution in [0.3, 0.4) is 0 Å². The highest BCUT2D eigenvalue weighted by molar-refractivity contribution is 7.89. The van der Waals surface area contributed by atoms with Gasteiger partial charge < -0.3 is 4.74 Å². The first kappa shape index (κ1) is 15.1. The molecule has 0 aliphatic heterocycles. The Morgan fingerprint density at radius 1 is 1.39 bits per heavy atom. The molecule has 0 amide bonds. The third-order valence-corrected chi connectivity index (χ3v) is 4.54. The molecule has 0 aliphatic carbocycles. The molecular weight excluding hydrogens is 254 g/mol. The maximum Gasteiger partial charge on any atom is 0.244 e. The molecule has 0 fully saturated rings. The second kappa shape index (κ2) is 5.81. The number of hydrogen-bond donors (Lipinski definition) is 2. The maximum absolute atomic E-state index is 12.3. The minimum Gasteiger partial charge on any atom is -0.383 e. The number of aromatic nitrogens is 2. The van der Waals surface area contributed by atoms with Crippen LogP contribution in [-0.4, -0.2) is 38.4 Å². The summed E-state index contributed by atoms with van der Waals surface area (Å²) in [7, 11) is -2.01. The van der Waals surface area contributed by atoms with E-state index in [1.807, 2.05) is 13.8 Å². The van der Waals surface area contributed by atoms with E-state index in [2.05, 4.69) is 14.9 Å². The second-order valence-electron chi connectivity index (χ2n) is 4.69. The number of nitrogens with zero attached hydrogens (tertiary/aromatic N) is 1. The van der Waals surface area contributed by atoms with Crippen molar-refractivity contribution < 1.29 is 13.2 Å². The summed E-state index contributed by atoms with van der Waals surface area (Å²) >= 11 is 0. The molecule has 0 aliphatic rings. The summed E-state index contributed by atoms with van der Waals surface area (Å²) in [6, 6.07) is -0.256. The van der Waals surface area contributed by atoms with Crippen LogP contribution >= 0.6 is 0 Å². The van der Waals surface area contributed by atoms with Crippen LogP contribution in [0.5, 0.6) is 0 Å². The Labute approximate surface area is 108 Å². The predicted octanol–water partition coefficient (Wildman–Crippen LogP) is 0.976. The van der Waals surface area contributed by atoms with Crippen LogP contribution < -0.4 is 4.72 Å². The minimum atomic E-state index is -3.57. The van der Waals surface area contributed by atoms with Crippen LogP contribution in [0.25, 0.3) is 0 Å². The molecule has 0 spiro atoms. The zero-order chi connectivity index (χ0) is 13.9. The number of aromatic amines is 1. The Balaban J connectivity index is 3.01. The number of H-pyrrole nitrogens is 1. The summed E-state index contributed by atoms with van der Waals surface area (Å²) in [5, 5.41) is 6.58. The van der Waals surface area contributed by atoms with Crippen molar-refractivity contribution in [1.29, 1.82) is 0 Å². The van der Waals surface area contributed by atoms with Gasteiger partial charge in [-0.25, -0.2) is 13.1 Å². The lowest BCUT2D eigenvalue weighted by atomic mass is 10.1. The van der Waals surface area contributed by atoms with Crippen LogP contribution in [0.1, 0.15) is 25.2 Å². The second-order valence-corrected chi connectivity index (χ2v) is 6.34. The molecule has 18 heavy (non-hydrogen) atoms. The van der Waals surface area contributed by atoms with Crippen molar-refractivity contribution in [3.8, 4) is 0 Å². The molecule has 1 rings (SSSR count). The van der Waals surface area contributed by atoms with Crippen LogP contribution in [-0.2, 0) is 14.8 Å². The van der Waals surface area contributed by atoms with Crippen molar-refractivity contribution in [2.75, 3.05) is 13.7 Å². The molecule has 1 aromatic rings. The van der Waals surface area contributed by atoms with Gasteiger partial charge in [0.2, 0.25) is 10.0 Å². The highest BCUT2D eigenvalue weighted by Gasteiger charge is 2.26. The van der Waals surface area contributed by atoms with Crippen molar-refractivity contribution >= 4 is 10.0 Å². The van der Waals surface area contributed by atoms with E-state index in [9.17, 15) is 8.42 Å². The van der Waals surface area contributed by atoms with E-state index in [1.165, 1.54) is 0 Å². The van der Waals surface area contributed by atoms with Gasteiger partial charge in [0.1, 0.15) is 4.90 Å². The molecule has 1 aromatic heterocycles. The summed E-state index contributed by atoms with van der Waals surface area (Å²) in [5.41, 5.74) is 1.01. The van der Waals surface area contributed by atoms with Gasteiger partial charge >= 0.3 is 0 Å². The first-order chi connectivity index (χ1) is 8.29. The third-order valence-electron chi connectivity index (χ3n) is 2.79. The van der Waals surface area contributed by atoms with Crippen molar-refractivity contribution in [2.24, 2.45) is 5.92 Å². The number of nitrogens with one attached hydrogen (secondary N) is 2. The average molecular weight is 275 g/mol. The molecule has 7 heteroatoms. The first-order valence-corrected chi connectivity index (χ1v) is 7.30. The van der Waals surface area contributed by atoms with E-state index in [0.29, 0.717) is 18.0 Å². The molecule has 0 saturated heterocycles. The van der Waals surface area contributed by atoms with Gasteiger partial charge in [-0.05, 0) is 19.8 Å². The van der Waals surface area contributed by atoms with Crippen LogP contribution in [0, 0.1) is 19.8 Å². The summed E-state index contributed by atoms with van der Waals surface area (Å²) in [6.45, 7) is 7.59. The Hall–Kier alpha value is -0.920. The highest BCUT2D eigenvalue weighted by atomic mass is 32.2. The van der Waals surface area contributed by atoms with Crippen molar-refractivity contribution in [3.63, 3.8) is 0 Å². The van der Waals surface area contributed by atoms with Gasteiger partial charge in [-0.3, -0.25) is 5.10 Å². The standard InChI is InChI=1S/C11H21N3O3S/c1-7(2)10(6-17-5)14-18(15,16)11-8(3)12-13-9(11)4/h7,10,14H,6H2,1-5H3,(H,12,13). The van der Waals surface area contributed by atoms with Gasteiger partial charge in [-0.2, -0.15) is 5.10 Å². The lowest BCUT2D eigenvalue weighted by molar-refractivity contribution is 0.157. The zero-order valence-corrected chi connectivity index (χ0v) is 12.3. The largest absolute Gasteiger partial charge is 0.383 e. The quantitative estimate of drug-likeness (QED) is 0.810. The lowest BCUT2D eigenvalue weighted by Crippen LogP contribution is -2.41. The highest BCUT2D eigenvalue weighted by Crippen LogP contribution is 2.17. The molecule has 0 radical (unpaired) electrons. The molecule has 1 unspecified atom stereocenters. The van der Waals surface area contributed by atoms with Crippen LogP contribution in [0.2, 0.25) is 0 Å². The van der Waals surface area contributed by atoms with Crippen molar-refractivity contribution in [3.05, 3.63) is 11.4 Å². The SMILES string of the molecule is COCC(NS(=O)(=O)c1c(C)n[nH]c1C)C(C)C. The maximum atomic E-state index is 12.3. The first-order valence-electron chi connectivity index (χ1n) is 5.82. The summed E-state index contributed by atoms with van der Waals surface area (Å²) < 4.78 is 32.3. The van der Waals surface area contributed by atoms with Gasteiger partial charge in [0, 0.05) is 13.2 Å². The molecule has 1 atom stereocenters. The van der Waals surface area contributed by atoms with Gasteiger partial charge in [0.15, 0.2) is 0 Å². The molecular formula is C11H21N3O3S. The van der Waals surface area contributed by atoms with E-state index in [0.717, 1.165) is 0 Å². The number of sulfonamides is 1. The van der Waals surface area contributed by atoms with Gasteiger partial charge in [0.25, 0.3) is 0 Å². The van der Waals surface area contributed by atoms with E-state index < -0.39 is 10.0 Å². The zero-order valence-electron chi connectivity index (χ0n) is 11.4. The molecule has 0 saturated carbocycles.